The number of carbonyl (C=O) groups is 1. The molecule has 0 saturated heterocycles. The molecule has 20 heavy (non-hydrogen) atoms. The molecule has 2 nitrogen and oxygen atoms in total. The molecule has 0 amide bonds. The summed E-state index contributed by atoms with van der Waals surface area (Å²) in [7, 11) is 0. The summed E-state index contributed by atoms with van der Waals surface area (Å²) in [4.78, 5) is 12.1. The van der Waals surface area contributed by atoms with Gasteiger partial charge in [-0.25, -0.2) is 0 Å². The lowest BCUT2D eigenvalue weighted by molar-refractivity contribution is 0.0940. The van der Waals surface area contributed by atoms with Crippen molar-refractivity contribution in [2.75, 3.05) is 5.73 Å². The second-order valence-electron chi connectivity index (χ2n) is 6.36. The predicted molar refractivity (Wildman–Crippen MR) is 84.7 cm³/mol. The summed E-state index contributed by atoms with van der Waals surface area (Å²) < 4.78 is 0. The molecule has 0 aliphatic heterocycles. The summed E-state index contributed by atoms with van der Waals surface area (Å²) in [5, 5.41) is 0. The molecule has 0 aliphatic rings. The van der Waals surface area contributed by atoms with Crippen LogP contribution < -0.4 is 5.73 Å². The topological polar surface area (TPSA) is 43.1 Å². The second kappa shape index (κ2) is 5.49. The Balaban J connectivity index is 2.18. The molecule has 104 valence electrons. The first kappa shape index (κ1) is 14.3. The maximum absolute atomic E-state index is 12.1. The van der Waals surface area contributed by atoms with E-state index in [1.807, 2.05) is 48.5 Å². The number of hydrogen-bond donors (Lipinski definition) is 1. The van der Waals surface area contributed by atoms with Crippen molar-refractivity contribution in [3.63, 3.8) is 0 Å². The highest BCUT2D eigenvalue weighted by molar-refractivity contribution is 5.96. The van der Waals surface area contributed by atoms with Gasteiger partial charge in [0.05, 0.1) is 0 Å². The summed E-state index contributed by atoms with van der Waals surface area (Å²) in [5.74, 6) is 0.196. The monoisotopic (exact) mass is 267 g/mol. The van der Waals surface area contributed by atoms with Crippen molar-refractivity contribution < 1.29 is 4.79 Å². The molecule has 0 fully saturated rings. The van der Waals surface area contributed by atoms with Crippen LogP contribution in [0.1, 0.15) is 37.6 Å². The Morgan fingerprint density at radius 1 is 0.900 bits per heavy atom. The highest BCUT2D eigenvalue weighted by Crippen LogP contribution is 2.24. The van der Waals surface area contributed by atoms with Gasteiger partial charge in [-0.1, -0.05) is 57.2 Å². The van der Waals surface area contributed by atoms with E-state index in [4.69, 9.17) is 5.73 Å². The fourth-order valence-electron chi connectivity index (χ4n) is 2.11. The molecule has 2 aromatic rings. The van der Waals surface area contributed by atoms with Gasteiger partial charge in [-0.3, -0.25) is 4.79 Å². The third kappa shape index (κ3) is 3.70. The SMILES string of the molecule is CC(C)(C)CC(=O)c1ccc(-c2ccc(N)cc2)cc1. The fraction of sp³-hybridized carbons (Fsp3) is 0.278. The lowest BCUT2D eigenvalue weighted by Crippen LogP contribution is -2.12. The van der Waals surface area contributed by atoms with Gasteiger partial charge in [0.25, 0.3) is 0 Å². The molecular weight excluding hydrogens is 246 g/mol. The smallest absolute Gasteiger partial charge is 0.163 e. The lowest BCUT2D eigenvalue weighted by atomic mass is 9.87. The molecule has 0 bridgehead atoms. The third-order valence-electron chi connectivity index (χ3n) is 3.14. The van der Waals surface area contributed by atoms with E-state index in [1.165, 1.54) is 0 Å². The number of carbonyl (C=O) groups excluding carboxylic acids is 1. The Bertz CT molecular complexity index is 589. The maximum Gasteiger partial charge on any atom is 0.163 e. The van der Waals surface area contributed by atoms with Crippen LogP contribution in [-0.4, -0.2) is 5.78 Å². The van der Waals surface area contributed by atoms with Crippen LogP contribution in [0.15, 0.2) is 48.5 Å². The first-order valence-electron chi connectivity index (χ1n) is 6.84. The average molecular weight is 267 g/mol. The van der Waals surface area contributed by atoms with Gasteiger partial charge in [0, 0.05) is 17.7 Å². The van der Waals surface area contributed by atoms with Crippen LogP contribution in [0.4, 0.5) is 5.69 Å². The fourth-order valence-corrected chi connectivity index (χ4v) is 2.11. The van der Waals surface area contributed by atoms with E-state index in [1.54, 1.807) is 0 Å². The van der Waals surface area contributed by atoms with Crippen LogP contribution in [0, 0.1) is 5.41 Å². The first-order valence-corrected chi connectivity index (χ1v) is 6.84. The standard InChI is InChI=1S/C18H21NO/c1-18(2,3)12-17(20)15-6-4-13(5-7-15)14-8-10-16(19)11-9-14/h4-11H,12,19H2,1-3H3. The molecule has 2 rings (SSSR count). The van der Waals surface area contributed by atoms with E-state index in [0.29, 0.717) is 6.42 Å². The Hall–Kier alpha value is -2.09. The van der Waals surface area contributed by atoms with Crippen LogP contribution in [0.3, 0.4) is 0 Å². The van der Waals surface area contributed by atoms with Crippen LogP contribution in [-0.2, 0) is 0 Å². The van der Waals surface area contributed by atoms with Gasteiger partial charge in [0.15, 0.2) is 5.78 Å². The van der Waals surface area contributed by atoms with Crippen molar-refractivity contribution in [2.24, 2.45) is 5.41 Å². The molecule has 0 saturated carbocycles. The highest BCUT2D eigenvalue weighted by Gasteiger charge is 2.17. The van der Waals surface area contributed by atoms with Crippen molar-refractivity contribution in [3.8, 4) is 11.1 Å². The number of rotatable bonds is 3. The number of hydrogen-bond acceptors (Lipinski definition) is 2. The predicted octanol–water partition coefficient (Wildman–Crippen LogP) is 4.55. The van der Waals surface area contributed by atoms with E-state index in [0.717, 1.165) is 22.4 Å². The van der Waals surface area contributed by atoms with E-state index >= 15 is 0 Å². The van der Waals surface area contributed by atoms with E-state index in [-0.39, 0.29) is 11.2 Å². The second-order valence-corrected chi connectivity index (χ2v) is 6.36. The van der Waals surface area contributed by atoms with Crippen molar-refractivity contribution in [1.82, 2.24) is 0 Å². The molecule has 0 spiro atoms. The minimum Gasteiger partial charge on any atom is -0.399 e. The number of benzene rings is 2. The summed E-state index contributed by atoms with van der Waals surface area (Å²) >= 11 is 0. The van der Waals surface area contributed by atoms with Gasteiger partial charge in [-0.2, -0.15) is 0 Å². The van der Waals surface area contributed by atoms with E-state index in [2.05, 4.69) is 20.8 Å². The van der Waals surface area contributed by atoms with E-state index in [9.17, 15) is 4.79 Å². The van der Waals surface area contributed by atoms with Crippen molar-refractivity contribution in [2.45, 2.75) is 27.2 Å². The van der Waals surface area contributed by atoms with Crippen molar-refractivity contribution in [1.29, 1.82) is 0 Å². The number of nitrogen functional groups attached to an aromatic ring is 1. The first-order chi connectivity index (χ1) is 9.35. The molecule has 0 atom stereocenters. The Morgan fingerprint density at radius 2 is 1.35 bits per heavy atom. The number of nitrogens with two attached hydrogens (primary N) is 1. The van der Waals surface area contributed by atoms with Gasteiger partial charge < -0.3 is 5.73 Å². The molecular formula is C18H21NO. The van der Waals surface area contributed by atoms with Gasteiger partial charge in [0.2, 0.25) is 0 Å². The summed E-state index contributed by atoms with van der Waals surface area (Å²) in [5.41, 5.74) is 9.44. The maximum atomic E-state index is 12.1. The van der Waals surface area contributed by atoms with Crippen molar-refractivity contribution >= 4 is 11.5 Å². The number of anilines is 1. The Morgan fingerprint density at radius 3 is 1.80 bits per heavy atom. The van der Waals surface area contributed by atoms with Crippen molar-refractivity contribution in [3.05, 3.63) is 54.1 Å². The average Bonchev–Trinajstić information content (AvgIpc) is 2.38. The summed E-state index contributed by atoms with van der Waals surface area (Å²) in [6.07, 6.45) is 0.564. The molecule has 0 aliphatic carbocycles. The molecule has 2 aromatic carbocycles. The van der Waals surface area contributed by atoms with Crippen LogP contribution >= 0.6 is 0 Å². The minimum atomic E-state index is 0.0205. The Labute approximate surface area is 120 Å². The molecule has 2 heteroatoms. The van der Waals surface area contributed by atoms with Gasteiger partial charge in [0.1, 0.15) is 0 Å². The normalized spacial score (nSPS) is 11.3. The zero-order valence-electron chi connectivity index (χ0n) is 12.3. The van der Waals surface area contributed by atoms with Crippen LogP contribution in [0.5, 0.6) is 0 Å². The van der Waals surface area contributed by atoms with Crippen LogP contribution in [0.2, 0.25) is 0 Å². The van der Waals surface area contributed by atoms with Gasteiger partial charge in [-0.15, -0.1) is 0 Å². The van der Waals surface area contributed by atoms with Crippen LogP contribution in [0.25, 0.3) is 11.1 Å². The molecule has 0 aromatic heterocycles. The van der Waals surface area contributed by atoms with Gasteiger partial charge >= 0.3 is 0 Å². The zero-order chi connectivity index (χ0) is 14.8. The minimum absolute atomic E-state index is 0.0205. The number of ketones is 1. The molecule has 0 radical (unpaired) electrons. The Kier molecular flexibility index (Phi) is 3.93. The number of Topliss-reactive ketones (excluding diaryl/α,β-unsaturated/α-hetero) is 1. The largest absolute Gasteiger partial charge is 0.399 e. The summed E-state index contributed by atoms with van der Waals surface area (Å²) in [6.45, 7) is 6.23. The molecule has 0 heterocycles. The quantitative estimate of drug-likeness (QED) is 0.654. The highest BCUT2D eigenvalue weighted by atomic mass is 16.1. The van der Waals surface area contributed by atoms with E-state index < -0.39 is 0 Å². The van der Waals surface area contributed by atoms with Gasteiger partial charge in [-0.05, 0) is 28.7 Å². The molecule has 0 unspecified atom stereocenters. The lowest BCUT2D eigenvalue weighted by Gasteiger charge is -2.16. The summed E-state index contributed by atoms with van der Waals surface area (Å²) in [6, 6.07) is 15.5. The zero-order valence-corrected chi connectivity index (χ0v) is 12.3. The third-order valence-corrected chi connectivity index (χ3v) is 3.14. The molecule has 2 N–H and O–H groups in total.